The highest BCUT2D eigenvalue weighted by Crippen LogP contribution is 2.35. The normalized spacial score (nSPS) is 10.3. The molecule has 0 unspecified atom stereocenters. The molecule has 0 fully saturated rings. The lowest BCUT2D eigenvalue weighted by molar-refractivity contribution is 1.27. The lowest BCUT2D eigenvalue weighted by atomic mass is 9.88. The molecule has 0 saturated heterocycles. The largest absolute Gasteiger partial charge is 0.103 e. The summed E-state index contributed by atoms with van der Waals surface area (Å²) >= 11 is 0. The third-order valence-electron chi connectivity index (χ3n) is 4.27. The Morgan fingerprint density at radius 3 is 1.21 bits per heavy atom. The number of benzene rings is 3. The molecule has 0 amide bonds. The summed E-state index contributed by atoms with van der Waals surface area (Å²) in [5.74, 6) is 0. The molecule has 3 aromatic rings. The zero-order valence-electron chi connectivity index (χ0n) is 13.9. The second-order valence-corrected chi connectivity index (χ2v) is 5.85. The van der Waals surface area contributed by atoms with E-state index in [-0.39, 0.29) is 0 Å². The maximum atomic E-state index is 3.90. The number of allylic oxidation sites excluding steroid dienone is 2. The van der Waals surface area contributed by atoms with Crippen molar-refractivity contribution in [1.82, 2.24) is 0 Å². The van der Waals surface area contributed by atoms with Crippen LogP contribution in [0.1, 0.15) is 11.1 Å². The fraction of sp³-hybridized carbons (Fsp3) is 0.0833. The Balaban J connectivity index is 2.20. The van der Waals surface area contributed by atoms with Crippen molar-refractivity contribution in [3.63, 3.8) is 0 Å². The number of hydrogen-bond acceptors (Lipinski definition) is 0. The highest BCUT2D eigenvalue weighted by molar-refractivity contribution is 5.86. The molecule has 0 bridgehead atoms. The van der Waals surface area contributed by atoms with Gasteiger partial charge in [-0.3, -0.25) is 0 Å². The van der Waals surface area contributed by atoms with Crippen LogP contribution in [0.25, 0.3) is 22.3 Å². The minimum Gasteiger partial charge on any atom is -0.103 e. The average Bonchev–Trinajstić information content (AvgIpc) is 2.63. The van der Waals surface area contributed by atoms with E-state index in [0.717, 1.165) is 12.8 Å². The summed E-state index contributed by atoms with van der Waals surface area (Å²) in [7, 11) is 0. The number of hydrogen-bond donors (Lipinski definition) is 0. The molecule has 0 N–H and O–H groups in total. The second kappa shape index (κ2) is 7.61. The maximum absolute atomic E-state index is 3.90. The Morgan fingerprint density at radius 1 is 0.500 bits per heavy atom. The van der Waals surface area contributed by atoms with Crippen molar-refractivity contribution in [1.29, 1.82) is 0 Å². The predicted molar refractivity (Wildman–Crippen MR) is 105 cm³/mol. The van der Waals surface area contributed by atoms with Crippen molar-refractivity contribution in [3.8, 4) is 22.3 Å². The fourth-order valence-electron chi connectivity index (χ4n) is 3.19. The van der Waals surface area contributed by atoms with Gasteiger partial charge < -0.3 is 0 Å². The van der Waals surface area contributed by atoms with E-state index in [1.165, 1.54) is 33.4 Å². The summed E-state index contributed by atoms with van der Waals surface area (Å²) in [4.78, 5) is 0. The van der Waals surface area contributed by atoms with Crippen LogP contribution in [0.2, 0.25) is 0 Å². The molecule has 0 atom stereocenters. The van der Waals surface area contributed by atoms with Gasteiger partial charge in [0.2, 0.25) is 0 Å². The van der Waals surface area contributed by atoms with Crippen LogP contribution < -0.4 is 0 Å². The molecular weight excluding hydrogens is 288 g/mol. The summed E-state index contributed by atoms with van der Waals surface area (Å²) in [6.07, 6.45) is 5.68. The van der Waals surface area contributed by atoms with Crippen molar-refractivity contribution in [3.05, 3.63) is 109 Å². The Bertz CT molecular complexity index is 783. The molecule has 0 aliphatic rings. The molecule has 3 rings (SSSR count). The first-order valence-electron chi connectivity index (χ1n) is 8.32. The zero-order valence-corrected chi connectivity index (χ0v) is 13.9. The molecule has 0 aliphatic carbocycles. The van der Waals surface area contributed by atoms with Crippen molar-refractivity contribution in [2.45, 2.75) is 12.8 Å². The van der Waals surface area contributed by atoms with Gasteiger partial charge in [0.15, 0.2) is 0 Å². The summed E-state index contributed by atoms with van der Waals surface area (Å²) < 4.78 is 0. The third kappa shape index (κ3) is 3.23. The van der Waals surface area contributed by atoms with Gasteiger partial charge in [-0.2, -0.15) is 0 Å². The van der Waals surface area contributed by atoms with E-state index in [1.54, 1.807) is 0 Å². The van der Waals surface area contributed by atoms with E-state index in [4.69, 9.17) is 0 Å². The van der Waals surface area contributed by atoms with Gasteiger partial charge in [0.1, 0.15) is 0 Å². The van der Waals surface area contributed by atoms with E-state index in [2.05, 4.69) is 86.0 Å². The predicted octanol–water partition coefficient (Wildman–Crippen LogP) is 6.48. The van der Waals surface area contributed by atoms with Crippen LogP contribution in [-0.2, 0) is 12.8 Å². The molecule has 0 spiro atoms. The molecule has 0 aliphatic heterocycles. The minimum absolute atomic E-state index is 0.874. The fourth-order valence-corrected chi connectivity index (χ4v) is 3.19. The first-order chi connectivity index (χ1) is 11.8. The summed E-state index contributed by atoms with van der Waals surface area (Å²) in [6, 6.07) is 25.8. The minimum atomic E-state index is 0.874. The monoisotopic (exact) mass is 310 g/mol. The molecule has 24 heavy (non-hydrogen) atoms. The molecule has 0 nitrogen and oxygen atoms in total. The molecule has 0 saturated carbocycles. The van der Waals surface area contributed by atoms with Crippen molar-refractivity contribution < 1.29 is 0 Å². The van der Waals surface area contributed by atoms with E-state index >= 15 is 0 Å². The Hall–Kier alpha value is -2.86. The Morgan fingerprint density at radius 2 is 0.833 bits per heavy atom. The smallest absolute Gasteiger partial charge is 0.00940 e. The summed E-state index contributed by atoms with van der Waals surface area (Å²) in [5, 5.41) is 0. The SMILES string of the molecule is C=CCc1ccccc1-c1ccccc1-c1ccccc1CC=C. The van der Waals surface area contributed by atoms with Crippen molar-refractivity contribution in [2.24, 2.45) is 0 Å². The summed E-state index contributed by atoms with van der Waals surface area (Å²) in [5.41, 5.74) is 7.71. The highest BCUT2D eigenvalue weighted by Gasteiger charge is 2.12. The second-order valence-electron chi connectivity index (χ2n) is 5.85. The van der Waals surface area contributed by atoms with Crippen LogP contribution in [0.15, 0.2) is 98.1 Å². The van der Waals surface area contributed by atoms with Gasteiger partial charge >= 0.3 is 0 Å². The highest BCUT2D eigenvalue weighted by atomic mass is 14.2. The van der Waals surface area contributed by atoms with Crippen LogP contribution in [0.5, 0.6) is 0 Å². The van der Waals surface area contributed by atoms with Gasteiger partial charge in [-0.1, -0.05) is 84.9 Å². The molecule has 0 heteroatoms. The van der Waals surface area contributed by atoms with Crippen molar-refractivity contribution >= 4 is 0 Å². The molecule has 0 heterocycles. The Labute approximate surface area is 144 Å². The van der Waals surface area contributed by atoms with Crippen LogP contribution >= 0.6 is 0 Å². The van der Waals surface area contributed by atoms with E-state index in [0.29, 0.717) is 0 Å². The van der Waals surface area contributed by atoms with Crippen LogP contribution in [0.4, 0.5) is 0 Å². The van der Waals surface area contributed by atoms with E-state index < -0.39 is 0 Å². The van der Waals surface area contributed by atoms with Gasteiger partial charge in [-0.25, -0.2) is 0 Å². The molecular formula is C24H22. The van der Waals surface area contributed by atoms with Crippen LogP contribution in [-0.4, -0.2) is 0 Å². The van der Waals surface area contributed by atoms with Gasteiger partial charge in [-0.05, 0) is 46.2 Å². The quantitative estimate of drug-likeness (QED) is 0.457. The van der Waals surface area contributed by atoms with Crippen LogP contribution in [0.3, 0.4) is 0 Å². The Kier molecular flexibility index (Phi) is 5.08. The molecule has 0 radical (unpaired) electrons. The molecule has 118 valence electrons. The van der Waals surface area contributed by atoms with Gasteiger partial charge in [-0.15, -0.1) is 13.2 Å². The lowest BCUT2D eigenvalue weighted by Crippen LogP contribution is -1.93. The van der Waals surface area contributed by atoms with Gasteiger partial charge in [0.25, 0.3) is 0 Å². The lowest BCUT2D eigenvalue weighted by Gasteiger charge is -2.16. The zero-order chi connectivity index (χ0) is 16.8. The van der Waals surface area contributed by atoms with E-state index in [1.807, 2.05) is 12.2 Å². The molecule has 3 aromatic carbocycles. The number of rotatable bonds is 6. The average molecular weight is 310 g/mol. The molecule has 0 aromatic heterocycles. The third-order valence-corrected chi connectivity index (χ3v) is 4.27. The van der Waals surface area contributed by atoms with E-state index in [9.17, 15) is 0 Å². The summed E-state index contributed by atoms with van der Waals surface area (Å²) in [6.45, 7) is 7.80. The van der Waals surface area contributed by atoms with Gasteiger partial charge in [0.05, 0.1) is 0 Å². The van der Waals surface area contributed by atoms with Crippen LogP contribution in [0, 0.1) is 0 Å². The van der Waals surface area contributed by atoms with Crippen molar-refractivity contribution in [2.75, 3.05) is 0 Å². The standard InChI is InChI=1S/C24H22/c1-3-11-19-13-5-7-15-21(19)23-17-9-10-18-24(23)22-16-8-6-14-20(22)12-4-2/h3-10,13-18H,1-2,11-12H2. The first kappa shape index (κ1) is 16.0. The maximum Gasteiger partial charge on any atom is -0.00940 e. The van der Waals surface area contributed by atoms with Gasteiger partial charge in [0, 0.05) is 0 Å². The first-order valence-corrected chi connectivity index (χ1v) is 8.32. The topological polar surface area (TPSA) is 0 Å².